The molecule has 2 aromatic carbocycles. The maximum atomic E-state index is 12.3. The molecule has 0 fully saturated rings. The largest absolute Gasteiger partial charge is 0.389 e. The first-order chi connectivity index (χ1) is 10.4. The molecule has 22 heavy (non-hydrogen) atoms. The van der Waals surface area contributed by atoms with E-state index in [0.717, 1.165) is 16.8 Å². The van der Waals surface area contributed by atoms with Gasteiger partial charge in [-0.1, -0.05) is 48.5 Å². The lowest BCUT2D eigenvalue weighted by Gasteiger charge is -2.26. The lowest BCUT2D eigenvalue weighted by molar-refractivity contribution is 0.0550. The molecule has 4 nitrogen and oxygen atoms in total. The van der Waals surface area contributed by atoms with Gasteiger partial charge in [0.05, 0.1) is 17.8 Å². The first-order valence-corrected chi connectivity index (χ1v) is 7.26. The number of nitrogens with one attached hydrogen (secondary N) is 1. The Balaban J connectivity index is 2.19. The number of carbonyl (C=O) groups excluding carboxylic acids is 1. The summed E-state index contributed by atoms with van der Waals surface area (Å²) < 4.78 is 0. The van der Waals surface area contributed by atoms with Crippen molar-refractivity contribution in [2.75, 3.05) is 18.9 Å². The Kier molecular flexibility index (Phi) is 4.83. The molecule has 0 bridgehead atoms. The van der Waals surface area contributed by atoms with E-state index in [2.05, 4.69) is 5.32 Å². The molecule has 0 aliphatic heterocycles. The molecule has 0 radical (unpaired) electrons. The number of amides is 2. The van der Waals surface area contributed by atoms with Crippen LogP contribution in [0.25, 0.3) is 11.1 Å². The monoisotopic (exact) mass is 298 g/mol. The van der Waals surface area contributed by atoms with E-state index in [1.807, 2.05) is 54.6 Å². The highest BCUT2D eigenvalue weighted by molar-refractivity contribution is 5.94. The summed E-state index contributed by atoms with van der Waals surface area (Å²) in [5.41, 5.74) is 1.84. The summed E-state index contributed by atoms with van der Waals surface area (Å²) in [7, 11) is 1.67. The number of anilines is 1. The molecule has 2 N–H and O–H groups in total. The molecule has 0 aliphatic rings. The number of carbonyl (C=O) groups is 1. The molecule has 0 heterocycles. The molecule has 0 spiro atoms. The number of urea groups is 1. The minimum atomic E-state index is -0.926. The topological polar surface area (TPSA) is 52.6 Å². The maximum absolute atomic E-state index is 12.3. The fourth-order valence-electron chi connectivity index (χ4n) is 2.32. The third kappa shape index (κ3) is 4.33. The lowest BCUT2D eigenvalue weighted by Crippen LogP contribution is -2.41. The summed E-state index contributed by atoms with van der Waals surface area (Å²) in [6.07, 6.45) is 0. The van der Waals surface area contributed by atoms with Gasteiger partial charge in [0.15, 0.2) is 0 Å². The second-order valence-electron chi connectivity index (χ2n) is 6.01. The van der Waals surface area contributed by atoms with Gasteiger partial charge >= 0.3 is 6.03 Å². The third-order valence-electron chi connectivity index (χ3n) is 3.22. The number of likely N-dealkylation sites (N-methyl/N-ethyl adjacent to an activating group) is 1. The van der Waals surface area contributed by atoms with Crippen LogP contribution in [0.2, 0.25) is 0 Å². The Morgan fingerprint density at radius 1 is 1.09 bits per heavy atom. The van der Waals surface area contributed by atoms with Gasteiger partial charge in [0.1, 0.15) is 0 Å². The summed E-state index contributed by atoms with van der Waals surface area (Å²) in [6, 6.07) is 17.3. The van der Waals surface area contributed by atoms with Gasteiger partial charge in [0.2, 0.25) is 0 Å². The van der Waals surface area contributed by atoms with E-state index in [1.54, 1.807) is 20.9 Å². The van der Waals surface area contributed by atoms with Gasteiger partial charge in [-0.25, -0.2) is 4.79 Å². The van der Waals surface area contributed by atoms with E-state index in [-0.39, 0.29) is 12.6 Å². The van der Waals surface area contributed by atoms with Gasteiger partial charge < -0.3 is 15.3 Å². The van der Waals surface area contributed by atoms with E-state index in [4.69, 9.17) is 0 Å². The molecular formula is C18H22N2O2. The highest BCUT2D eigenvalue weighted by Gasteiger charge is 2.20. The first-order valence-electron chi connectivity index (χ1n) is 7.26. The van der Waals surface area contributed by atoms with Crippen LogP contribution in [0.3, 0.4) is 0 Å². The Bertz CT molecular complexity index is 633. The predicted molar refractivity (Wildman–Crippen MR) is 89.8 cm³/mol. The average molecular weight is 298 g/mol. The van der Waals surface area contributed by atoms with Crippen LogP contribution in [0.15, 0.2) is 54.6 Å². The number of hydrogen-bond donors (Lipinski definition) is 2. The van der Waals surface area contributed by atoms with Crippen LogP contribution < -0.4 is 5.32 Å². The highest BCUT2D eigenvalue weighted by Crippen LogP contribution is 2.27. The summed E-state index contributed by atoms with van der Waals surface area (Å²) in [5, 5.41) is 12.7. The van der Waals surface area contributed by atoms with Crippen molar-refractivity contribution in [3.8, 4) is 11.1 Å². The van der Waals surface area contributed by atoms with Gasteiger partial charge in [-0.3, -0.25) is 0 Å². The van der Waals surface area contributed by atoms with Crippen LogP contribution in [-0.4, -0.2) is 35.2 Å². The smallest absolute Gasteiger partial charge is 0.321 e. The van der Waals surface area contributed by atoms with E-state index >= 15 is 0 Å². The van der Waals surface area contributed by atoms with Crippen molar-refractivity contribution in [1.82, 2.24) is 4.90 Å². The molecule has 2 aromatic rings. The molecule has 0 saturated carbocycles. The van der Waals surface area contributed by atoms with Crippen LogP contribution >= 0.6 is 0 Å². The van der Waals surface area contributed by atoms with Gasteiger partial charge in [0, 0.05) is 12.6 Å². The fraction of sp³-hybridized carbons (Fsp3) is 0.278. The first kappa shape index (κ1) is 16.0. The predicted octanol–water partition coefficient (Wildman–Crippen LogP) is 3.59. The van der Waals surface area contributed by atoms with Crippen molar-refractivity contribution in [1.29, 1.82) is 0 Å². The normalized spacial score (nSPS) is 11.1. The van der Waals surface area contributed by atoms with Crippen molar-refractivity contribution in [3.63, 3.8) is 0 Å². The number of aliphatic hydroxyl groups is 1. The van der Waals surface area contributed by atoms with Gasteiger partial charge in [0.25, 0.3) is 0 Å². The van der Waals surface area contributed by atoms with Gasteiger partial charge in [-0.05, 0) is 25.5 Å². The Hall–Kier alpha value is -2.33. The summed E-state index contributed by atoms with van der Waals surface area (Å²) in [5.74, 6) is 0. The molecule has 4 heteroatoms. The van der Waals surface area contributed by atoms with Crippen molar-refractivity contribution in [2.24, 2.45) is 0 Å². The second-order valence-corrected chi connectivity index (χ2v) is 6.01. The standard InChI is InChI=1S/C18H22N2O2/c1-18(2,22)13-20(3)17(21)19-16-12-8-7-11-15(16)14-9-5-4-6-10-14/h4-12,22H,13H2,1-3H3,(H,19,21). The number of hydrogen-bond acceptors (Lipinski definition) is 2. The van der Waals surface area contributed by atoms with Crippen LogP contribution in [0.4, 0.5) is 10.5 Å². The third-order valence-corrected chi connectivity index (χ3v) is 3.22. The zero-order chi connectivity index (χ0) is 16.2. The van der Waals surface area contributed by atoms with Crippen LogP contribution in [0.5, 0.6) is 0 Å². The van der Waals surface area contributed by atoms with E-state index in [1.165, 1.54) is 4.90 Å². The van der Waals surface area contributed by atoms with Crippen molar-refractivity contribution < 1.29 is 9.90 Å². The molecule has 0 saturated heterocycles. The SMILES string of the molecule is CN(CC(C)(C)O)C(=O)Nc1ccccc1-c1ccccc1. The summed E-state index contributed by atoms with van der Waals surface area (Å²) in [4.78, 5) is 13.8. The minimum absolute atomic E-state index is 0.245. The Morgan fingerprint density at radius 2 is 1.68 bits per heavy atom. The zero-order valence-electron chi connectivity index (χ0n) is 13.2. The molecular weight excluding hydrogens is 276 g/mol. The molecule has 2 rings (SSSR count). The number of rotatable bonds is 4. The van der Waals surface area contributed by atoms with Gasteiger partial charge in [-0.15, -0.1) is 0 Å². The highest BCUT2D eigenvalue weighted by atomic mass is 16.3. The van der Waals surface area contributed by atoms with Crippen LogP contribution in [-0.2, 0) is 0 Å². The Morgan fingerprint density at radius 3 is 2.32 bits per heavy atom. The molecule has 0 aliphatic carbocycles. The van der Waals surface area contributed by atoms with Crippen molar-refractivity contribution >= 4 is 11.7 Å². The van der Waals surface area contributed by atoms with E-state index in [9.17, 15) is 9.90 Å². The zero-order valence-corrected chi connectivity index (χ0v) is 13.2. The average Bonchev–Trinajstić information content (AvgIpc) is 2.47. The fourth-order valence-corrected chi connectivity index (χ4v) is 2.32. The van der Waals surface area contributed by atoms with Crippen molar-refractivity contribution in [2.45, 2.75) is 19.4 Å². The van der Waals surface area contributed by atoms with Crippen LogP contribution in [0.1, 0.15) is 13.8 Å². The van der Waals surface area contributed by atoms with Crippen LogP contribution in [0, 0.1) is 0 Å². The second kappa shape index (κ2) is 6.62. The number of benzene rings is 2. The quantitative estimate of drug-likeness (QED) is 0.906. The minimum Gasteiger partial charge on any atom is -0.389 e. The molecule has 116 valence electrons. The van der Waals surface area contributed by atoms with Crippen molar-refractivity contribution in [3.05, 3.63) is 54.6 Å². The molecule has 0 unspecified atom stereocenters. The number of para-hydroxylation sites is 1. The van der Waals surface area contributed by atoms with Gasteiger partial charge in [-0.2, -0.15) is 0 Å². The van der Waals surface area contributed by atoms with E-state index in [0.29, 0.717) is 0 Å². The number of nitrogens with zero attached hydrogens (tertiary/aromatic N) is 1. The van der Waals surface area contributed by atoms with E-state index < -0.39 is 5.60 Å². The molecule has 2 amide bonds. The maximum Gasteiger partial charge on any atom is 0.321 e. The summed E-state index contributed by atoms with van der Waals surface area (Å²) >= 11 is 0. The Labute approximate surface area is 131 Å². The lowest BCUT2D eigenvalue weighted by atomic mass is 10.0. The summed E-state index contributed by atoms with van der Waals surface area (Å²) in [6.45, 7) is 3.61. The molecule has 0 atom stereocenters. The molecule has 0 aromatic heterocycles.